The molecule has 35 heavy (non-hydrogen) atoms. The highest BCUT2D eigenvalue weighted by Gasteiger charge is 2.40. The molecule has 3 aromatic rings. The zero-order chi connectivity index (χ0) is 24.4. The highest BCUT2D eigenvalue weighted by Crippen LogP contribution is 2.56. The first kappa shape index (κ1) is 23.2. The van der Waals surface area contributed by atoms with E-state index in [9.17, 15) is 9.90 Å². The van der Waals surface area contributed by atoms with Crippen LogP contribution in [-0.2, 0) is 22.7 Å². The Labute approximate surface area is 208 Å². The fourth-order valence-electron chi connectivity index (χ4n) is 4.32. The predicted octanol–water partition coefficient (Wildman–Crippen LogP) is 5.34. The van der Waals surface area contributed by atoms with Gasteiger partial charge in [-0.15, -0.1) is 0 Å². The number of methoxy groups -OCH3 is 1. The summed E-state index contributed by atoms with van der Waals surface area (Å²) in [4.78, 5) is 19.9. The van der Waals surface area contributed by atoms with Gasteiger partial charge in [0, 0.05) is 27.0 Å². The van der Waals surface area contributed by atoms with Crippen LogP contribution in [0.1, 0.15) is 35.2 Å². The standard InChI is InChI=1S/C28H25NO5S/c1-3-33-28(31)26-24(27-25(29-26)21-10-6-7-11-23(21)35-27)20-13-12-19(32-2)14-22(20)34-16-18-9-5-4-8-17(18)15-30/h4-14,25,30H,3,15-16H2,1-2H3. The van der Waals surface area contributed by atoms with Crippen molar-refractivity contribution in [2.75, 3.05) is 13.7 Å². The van der Waals surface area contributed by atoms with Gasteiger partial charge in [0.05, 0.1) is 20.3 Å². The first-order valence-corrected chi connectivity index (χ1v) is 12.2. The summed E-state index contributed by atoms with van der Waals surface area (Å²) in [5.74, 6) is 0.750. The Bertz CT molecular complexity index is 1350. The number of thioether (sulfide) groups is 1. The lowest BCUT2D eigenvalue weighted by molar-refractivity contribution is -0.134. The van der Waals surface area contributed by atoms with E-state index in [1.165, 1.54) is 0 Å². The van der Waals surface area contributed by atoms with Crippen LogP contribution in [0, 0.1) is 0 Å². The Hall–Kier alpha value is -3.55. The molecule has 1 unspecified atom stereocenters. The SMILES string of the molecule is CCOC(=O)C1=NC2C(=C1c1ccc(OC)cc1OCc1ccccc1CO)Sc1ccccc12. The molecule has 0 saturated carbocycles. The Morgan fingerprint density at radius 1 is 1.06 bits per heavy atom. The third kappa shape index (κ3) is 4.33. The number of aliphatic imine (C=N–C) groups is 1. The first-order valence-electron chi connectivity index (χ1n) is 11.4. The van der Waals surface area contributed by atoms with Crippen LogP contribution in [0.2, 0.25) is 0 Å². The molecule has 1 N–H and O–H groups in total. The lowest BCUT2D eigenvalue weighted by Crippen LogP contribution is -2.18. The van der Waals surface area contributed by atoms with E-state index in [2.05, 4.69) is 6.07 Å². The number of hydrogen-bond donors (Lipinski definition) is 1. The summed E-state index contributed by atoms with van der Waals surface area (Å²) >= 11 is 1.63. The highest BCUT2D eigenvalue weighted by molar-refractivity contribution is 8.03. The predicted molar refractivity (Wildman–Crippen MR) is 136 cm³/mol. The van der Waals surface area contributed by atoms with Gasteiger partial charge in [-0.05, 0) is 41.8 Å². The van der Waals surface area contributed by atoms with Crippen molar-refractivity contribution in [3.63, 3.8) is 0 Å². The van der Waals surface area contributed by atoms with Crippen LogP contribution in [0.5, 0.6) is 11.5 Å². The Balaban J connectivity index is 1.60. The topological polar surface area (TPSA) is 77.4 Å². The zero-order valence-corrected chi connectivity index (χ0v) is 20.3. The van der Waals surface area contributed by atoms with Crippen molar-refractivity contribution in [1.82, 2.24) is 0 Å². The van der Waals surface area contributed by atoms with Crippen LogP contribution in [0.25, 0.3) is 5.57 Å². The molecule has 1 atom stereocenters. The maximum atomic E-state index is 13.0. The molecule has 6 nitrogen and oxygen atoms in total. The summed E-state index contributed by atoms with van der Waals surface area (Å²) in [5, 5.41) is 9.71. The molecule has 0 bridgehead atoms. The summed E-state index contributed by atoms with van der Waals surface area (Å²) in [6, 6.07) is 21.0. The smallest absolute Gasteiger partial charge is 0.357 e. The van der Waals surface area contributed by atoms with E-state index in [4.69, 9.17) is 19.2 Å². The van der Waals surface area contributed by atoms with Crippen LogP contribution in [0.15, 0.2) is 81.5 Å². The monoisotopic (exact) mass is 487 g/mol. The van der Waals surface area contributed by atoms with Gasteiger partial charge in [-0.3, -0.25) is 4.99 Å². The summed E-state index contributed by atoms with van der Waals surface area (Å²) in [6.45, 7) is 2.22. The average molecular weight is 488 g/mol. The van der Waals surface area contributed by atoms with Crippen molar-refractivity contribution in [3.05, 3.63) is 93.9 Å². The van der Waals surface area contributed by atoms with Crippen LogP contribution in [-0.4, -0.2) is 30.5 Å². The van der Waals surface area contributed by atoms with Crippen LogP contribution < -0.4 is 9.47 Å². The molecule has 2 aliphatic rings. The summed E-state index contributed by atoms with van der Waals surface area (Å²) in [6.07, 6.45) is 0. The molecule has 0 saturated heterocycles. The quantitative estimate of drug-likeness (QED) is 0.432. The second-order valence-corrected chi connectivity index (χ2v) is 9.14. The number of ether oxygens (including phenoxy) is 3. The van der Waals surface area contributed by atoms with Crippen molar-refractivity contribution in [2.24, 2.45) is 4.99 Å². The van der Waals surface area contributed by atoms with Gasteiger partial charge in [-0.1, -0.05) is 54.2 Å². The second kappa shape index (κ2) is 9.98. The van der Waals surface area contributed by atoms with Crippen molar-refractivity contribution in [3.8, 4) is 11.5 Å². The van der Waals surface area contributed by atoms with E-state index in [1.807, 2.05) is 60.7 Å². The number of carbonyl (C=O) groups excluding carboxylic acids is 1. The number of hydrogen-bond acceptors (Lipinski definition) is 7. The Kier molecular flexibility index (Phi) is 6.61. The first-order chi connectivity index (χ1) is 17.1. The molecule has 0 fully saturated rings. The molecular formula is C28H25NO5S. The number of fused-ring (bicyclic) bond motifs is 3. The number of aliphatic hydroxyl groups excluding tert-OH is 1. The molecule has 178 valence electrons. The average Bonchev–Trinajstić information content (AvgIpc) is 3.44. The van der Waals surface area contributed by atoms with Gasteiger partial charge in [-0.2, -0.15) is 0 Å². The second-order valence-electron chi connectivity index (χ2n) is 8.06. The fraction of sp³-hybridized carbons (Fsp3) is 0.214. The third-order valence-electron chi connectivity index (χ3n) is 6.02. The number of rotatable bonds is 8. The van der Waals surface area contributed by atoms with Crippen molar-refractivity contribution in [1.29, 1.82) is 0 Å². The van der Waals surface area contributed by atoms with Crippen molar-refractivity contribution >= 4 is 29.0 Å². The van der Waals surface area contributed by atoms with Crippen molar-refractivity contribution in [2.45, 2.75) is 31.1 Å². The Morgan fingerprint density at radius 3 is 2.60 bits per heavy atom. The zero-order valence-electron chi connectivity index (χ0n) is 19.5. The lowest BCUT2D eigenvalue weighted by atomic mass is 9.98. The van der Waals surface area contributed by atoms with Crippen LogP contribution >= 0.6 is 11.8 Å². The van der Waals surface area contributed by atoms with E-state index in [-0.39, 0.29) is 25.9 Å². The molecule has 0 spiro atoms. The van der Waals surface area contributed by atoms with Gasteiger partial charge in [0.1, 0.15) is 24.1 Å². The minimum atomic E-state index is -0.449. The van der Waals surface area contributed by atoms with Crippen LogP contribution in [0.3, 0.4) is 0 Å². The Morgan fingerprint density at radius 2 is 1.83 bits per heavy atom. The van der Waals surface area contributed by atoms with E-state index in [0.717, 1.165) is 37.6 Å². The molecule has 0 aromatic heterocycles. The largest absolute Gasteiger partial charge is 0.497 e. The number of aliphatic hydroxyl groups is 1. The molecule has 0 amide bonds. The number of esters is 1. The van der Waals surface area contributed by atoms with E-state index >= 15 is 0 Å². The summed E-state index contributed by atoms with van der Waals surface area (Å²) < 4.78 is 17.1. The molecule has 0 aliphatic carbocycles. The number of benzene rings is 3. The molecular weight excluding hydrogens is 462 g/mol. The van der Waals surface area contributed by atoms with Gasteiger partial charge in [0.25, 0.3) is 0 Å². The molecule has 3 aromatic carbocycles. The molecule has 5 rings (SSSR count). The highest BCUT2D eigenvalue weighted by atomic mass is 32.2. The van der Waals surface area contributed by atoms with Crippen molar-refractivity contribution < 1.29 is 24.1 Å². The van der Waals surface area contributed by atoms with Gasteiger partial charge >= 0.3 is 5.97 Å². The van der Waals surface area contributed by atoms with Gasteiger partial charge in [0.2, 0.25) is 0 Å². The van der Waals surface area contributed by atoms with Gasteiger partial charge in [0.15, 0.2) is 5.71 Å². The molecule has 2 aliphatic heterocycles. The molecule has 2 heterocycles. The maximum absolute atomic E-state index is 13.0. The van der Waals surface area contributed by atoms with Crippen LogP contribution in [0.4, 0.5) is 0 Å². The van der Waals surface area contributed by atoms with Gasteiger partial charge < -0.3 is 19.3 Å². The molecule has 0 radical (unpaired) electrons. The van der Waals surface area contributed by atoms with Gasteiger partial charge in [-0.25, -0.2) is 4.79 Å². The normalized spacial score (nSPS) is 16.0. The summed E-state index contributed by atoms with van der Waals surface area (Å²) in [7, 11) is 1.60. The van der Waals surface area contributed by atoms with E-state index in [0.29, 0.717) is 17.2 Å². The number of nitrogens with zero attached hydrogens (tertiary/aromatic N) is 1. The third-order valence-corrected chi connectivity index (χ3v) is 7.26. The lowest BCUT2D eigenvalue weighted by Gasteiger charge is -2.17. The van der Waals surface area contributed by atoms with E-state index < -0.39 is 5.97 Å². The molecule has 7 heteroatoms. The minimum Gasteiger partial charge on any atom is -0.497 e. The number of carbonyl (C=O) groups is 1. The van der Waals surface area contributed by atoms with E-state index in [1.54, 1.807) is 25.8 Å². The maximum Gasteiger partial charge on any atom is 0.357 e. The minimum absolute atomic E-state index is 0.0734. The fourth-order valence-corrected chi connectivity index (χ4v) is 5.60. The summed E-state index contributed by atoms with van der Waals surface area (Å²) in [5.41, 5.74) is 4.54.